The fraction of sp³-hybridized carbons (Fsp3) is 0.143. The molecule has 0 radical (unpaired) electrons. The number of nitrogens with zero attached hydrogens (tertiary/aromatic N) is 1. The zero-order valence-electron chi connectivity index (χ0n) is 19.2. The number of hydrogen-bond acceptors (Lipinski definition) is 4. The van der Waals surface area contributed by atoms with Gasteiger partial charge in [-0.05, 0) is 78.7 Å². The molecule has 6 heteroatoms. The molecular formula is C28H26N2O3S. The summed E-state index contributed by atoms with van der Waals surface area (Å²) in [6.45, 7) is 6.12. The summed E-state index contributed by atoms with van der Waals surface area (Å²) < 4.78 is 11.6. The van der Waals surface area contributed by atoms with Crippen LogP contribution >= 0.6 is 12.2 Å². The van der Waals surface area contributed by atoms with Crippen molar-refractivity contribution in [3.8, 4) is 11.5 Å². The fourth-order valence-electron chi connectivity index (χ4n) is 3.83. The molecule has 172 valence electrons. The number of aryl methyl sites for hydroxylation is 1. The van der Waals surface area contributed by atoms with E-state index in [9.17, 15) is 4.79 Å². The normalized spacial score (nSPS) is 14.3. The van der Waals surface area contributed by atoms with E-state index >= 15 is 0 Å². The van der Waals surface area contributed by atoms with E-state index in [1.54, 1.807) is 13.2 Å². The van der Waals surface area contributed by atoms with Crippen LogP contribution in [0.15, 0.2) is 85.1 Å². The summed E-state index contributed by atoms with van der Waals surface area (Å²) in [5.74, 6) is 1.33. The van der Waals surface area contributed by atoms with Crippen molar-refractivity contribution in [2.24, 2.45) is 0 Å². The summed E-state index contributed by atoms with van der Waals surface area (Å²) in [5.41, 5.74) is 4.99. The zero-order valence-corrected chi connectivity index (χ0v) is 20.0. The first-order valence-corrected chi connectivity index (χ1v) is 11.3. The number of thiocarbonyl (C=S) groups is 1. The quantitative estimate of drug-likeness (QED) is 0.265. The number of nitrogens with one attached hydrogen (secondary N) is 1. The number of anilines is 1. The Bertz CT molecular complexity index is 1280. The predicted molar refractivity (Wildman–Crippen MR) is 140 cm³/mol. The lowest BCUT2D eigenvalue weighted by atomic mass is 10.1. The predicted octanol–water partition coefficient (Wildman–Crippen LogP) is 5.57. The van der Waals surface area contributed by atoms with Gasteiger partial charge in [0, 0.05) is 5.56 Å². The number of hydrogen-bond donors (Lipinski definition) is 1. The third-order valence-corrected chi connectivity index (χ3v) is 5.76. The van der Waals surface area contributed by atoms with Gasteiger partial charge >= 0.3 is 0 Å². The molecule has 0 aliphatic carbocycles. The van der Waals surface area contributed by atoms with Crippen molar-refractivity contribution in [3.05, 3.63) is 107 Å². The van der Waals surface area contributed by atoms with E-state index in [1.165, 1.54) is 4.90 Å². The monoisotopic (exact) mass is 470 g/mol. The molecule has 0 saturated carbocycles. The lowest BCUT2D eigenvalue weighted by Gasteiger charge is -2.14. The Morgan fingerprint density at radius 2 is 1.85 bits per heavy atom. The van der Waals surface area contributed by atoms with E-state index in [4.69, 9.17) is 21.7 Å². The Balaban J connectivity index is 1.57. The molecule has 0 unspecified atom stereocenters. The Morgan fingerprint density at radius 1 is 1.03 bits per heavy atom. The second-order valence-electron chi connectivity index (χ2n) is 7.93. The van der Waals surface area contributed by atoms with Crippen LogP contribution in [-0.2, 0) is 17.8 Å². The SMILES string of the molecule is C=CCc1ccccc1OCc1cc(/C=C2/NC(=S)N(c3cccc(C)c3)C2=O)ccc1OC. The molecule has 0 bridgehead atoms. The van der Waals surface area contributed by atoms with Gasteiger partial charge in [0.1, 0.15) is 23.8 Å². The minimum absolute atomic E-state index is 0.192. The van der Waals surface area contributed by atoms with Crippen LogP contribution in [0.2, 0.25) is 0 Å². The second kappa shape index (κ2) is 10.4. The molecule has 1 heterocycles. The summed E-state index contributed by atoms with van der Waals surface area (Å²) in [6, 6.07) is 21.3. The van der Waals surface area contributed by atoms with Crippen LogP contribution in [0.3, 0.4) is 0 Å². The molecular weight excluding hydrogens is 444 g/mol. The highest BCUT2D eigenvalue weighted by Crippen LogP contribution is 2.27. The van der Waals surface area contributed by atoms with Gasteiger partial charge < -0.3 is 14.8 Å². The molecule has 1 fully saturated rings. The van der Waals surface area contributed by atoms with Gasteiger partial charge in [-0.15, -0.1) is 6.58 Å². The van der Waals surface area contributed by atoms with Gasteiger partial charge in [-0.3, -0.25) is 9.69 Å². The van der Waals surface area contributed by atoms with Crippen molar-refractivity contribution in [2.75, 3.05) is 12.0 Å². The molecule has 3 aromatic carbocycles. The smallest absolute Gasteiger partial charge is 0.281 e. The lowest BCUT2D eigenvalue weighted by Crippen LogP contribution is -2.30. The molecule has 0 atom stereocenters. The first kappa shape index (κ1) is 23.3. The highest BCUT2D eigenvalue weighted by molar-refractivity contribution is 7.80. The van der Waals surface area contributed by atoms with Crippen molar-refractivity contribution in [2.45, 2.75) is 20.0 Å². The van der Waals surface area contributed by atoms with E-state index in [-0.39, 0.29) is 5.91 Å². The molecule has 1 saturated heterocycles. The average Bonchev–Trinajstić information content (AvgIpc) is 3.11. The molecule has 0 aromatic heterocycles. The first-order valence-electron chi connectivity index (χ1n) is 10.9. The largest absolute Gasteiger partial charge is 0.496 e. The van der Waals surface area contributed by atoms with Gasteiger partial charge in [-0.1, -0.05) is 42.5 Å². The third-order valence-electron chi connectivity index (χ3n) is 5.47. The zero-order chi connectivity index (χ0) is 24.1. The van der Waals surface area contributed by atoms with Crippen molar-refractivity contribution < 1.29 is 14.3 Å². The third kappa shape index (κ3) is 5.02. The van der Waals surface area contributed by atoms with E-state index in [0.717, 1.165) is 40.1 Å². The van der Waals surface area contributed by atoms with Crippen molar-refractivity contribution >= 4 is 35.0 Å². The van der Waals surface area contributed by atoms with Gasteiger partial charge in [-0.25, -0.2) is 0 Å². The summed E-state index contributed by atoms with van der Waals surface area (Å²) in [7, 11) is 1.63. The van der Waals surface area contributed by atoms with Crippen LogP contribution < -0.4 is 19.7 Å². The molecule has 1 amide bonds. The topological polar surface area (TPSA) is 50.8 Å². The number of carbonyl (C=O) groups is 1. The Labute approximate surface area is 205 Å². The maximum atomic E-state index is 13.1. The number of carbonyl (C=O) groups excluding carboxylic acids is 1. The second-order valence-corrected chi connectivity index (χ2v) is 8.31. The first-order chi connectivity index (χ1) is 16.5. The van der Waals surface area contributed by atoms with Crippen molar-refractivity contribution in [1.29, 1.82) is 0 Å². The van der Waals surface area contributed by atoms with Crippen LogP contribution in [0.4, 0.5) is 5.69 Å². The van der Waals surface area contributed by atoms with E-state index in [1.807, 2.05) is 79.7 Å². The number of amides is 1. The highest BCUT2D eigenvalue weighted by Gasteiger charge is 2.32. The molecule has 1 aliphatic heterocycles. The number of para-hydroxylation sites is 1. The minimum atomic E-state index is -0.192. The summed E-state index contributed by atoms with van der Waals surface area (Å²) in [4.78, 5) is 14.6. The van der Waals surface area contributed by atoms with Gasteiger partial charge in [0.15, 0.2) is 5.11 Å². The average molecular weight is 471 g/mol. The Morgan fingerprint density at radius 3 is 2.62 bits per heavy atom. The van der Waals surface area contributed by atoms with Gasteiger partial charge in [-0.2, -0.15) is 0 Å². The van der Waals surface area contributed by atoms with Crippen LogP contribution in [0, 0.1) is 6.92 Å². The maximum Gasteiger partial charge on any atom is 0.281 e. The Hall–Kier alpha value is -3.90. The summed E-state index contributed by atoms with van der Waals surface area (Å²) in [5, 5.41) is 3.40. The highest BCUT2D eigenvalue weighted by atomic mass is 32.1. The molecule has 0 spiro atoms. The number of methoxy groups -OCH3 is 1. The van der Waals surface area contributed by atoms with Gasteiger partial charge in [0.25, 0.3) is 5.91 Å². The summed E-state index contributed by atoms with van der Waals surface area (Å²) >= 11 is 5.44. The molecule has 4 rings (SSSR count). The van der Waals surface area contributed by atoms with Crippen LogP contribution in [0.25, 0.3) is 6.08 Å². The molecule has 34 heavy (non-hydrogen) atoms. The summed E-state index contributed by atoms with van der Waals surface area (Å²) in [6.07, 6.45) is 4.37. The van der Waals surface area contributed by atoms with E-state index in [0.29, 0.717) is 23.2 Å². The van der Waals surface area contributed by atoms with Crippen LogP contribution in [0.1, 0.15) is 22.3 Å². The number of ether oxygens (including phenoxy) is 2. The number of allylic oxidation sites excluding steroid dienone is 1. The van der Waals surface area contributed by atoms with Gasteiger partial charge in [0.2, 0.25) is 0 Å². The molecule has 5 nitrogen and oxygen atoms in total. The molecule has 3 aromatic rings. The van der Waals surface area contributed by atoms with Crippen molar-refractivity contribution in [1.82, 2.24) is 5.32 Å². The maximum absolute atomic E-state index is 13.1. The lowest BCUT2D eigenvalue weighted by molar-refractivity contribution is -0.113. The minimum Gasteiger partial charge on any atom is -0.496 e. The van der Waals surface area contributed by atoms with E-state index in [2.05, 4.69) is 11.9 Å². The van der Waals surface area contributed by atoms with Crippen LogP contribution in [-0.4, -0.2) is 18.1 Å². The van der Waals surface area contributed by atoms with Crippen molar-refractivity contribution in [3.63, 3.8) is 0 Å². The number of benzene rings is 3. The van der Waals surface area contributed by atoms with Crippen LogP contribution in [0.5, 0.6) is 11.5 Å². The van der Waals surface area contributed by atoms with E-state index < -0.39 is 0 Å². The standard InChI is InChI=1S/C28H26N2O3S/c1-4-8-21-10-5-6-12-26(21)33-18-22-16-20(13-14-25(22)32-3)17-24-27(31)30(28(34)29-24)23-11-7-9-19(2)15-23/h4-7,9-17H,1,8,18H2,2-3H3,(H,29,34)/b24-17+. The Kier molecular flexibility index (Phi) is 7.09. The van der Waals surface area contributed by atoms with Gasteiger partial charge in [0.05, 0.1) is 12.8 Å². The fourth-order valence-corrected chi connectivity index (χ4v) is 4.13. The molecule has 1 aliphatic rings. The number of rotatable bonds is 8. The molecule has 1 N–H and O–H groups in total.